The lowest BCUT2D eigenvalue weighted by Gasteiger charge is -2.09. The average Bonchev–Trinajstić information content (AvgIpc) is 2.71. The van der Waals surface area contributed by atoms with E-state index in [4.69, 9.17) is 11.1 Å². The fourth-order valence-electron chi connectivity index (χ4n) is 2.88. The lowest BCUT2D eigenvalue weighted by atomic mass is 10.1. The van der Waals surface area contributed by atoms with E-state index >= 15 is 0 Å². The largest absolute Gasteiger partial charge is 0.383 e. The number of aromatic nitrogens is 4. The zero-order valence-corrected chi connectivity index (χ0v) is 14.7. The van der Waals surface area contributed by atoms with Gasteiger partial charge in [-0.2, -0.15) is 0 Å². The molecule has 0 unspecified atom stereocenters. The number of benzene rings is 2. The third kappa shape index (κ3) is 3.48. The van der Waals surface area contributed by atoms with Crippen molar-refractivity contribution in [1.29, 1.82) is 5.41 Å². The van der Waals surface area contributed by atoms with Gasteiger partial charge in [0.05, 0.1) is 16.8 Å². The van der Waals surface area contributed by atoms with Crippen molar-refractivity contribution in [2.24, 2.45) is 0 Å². The number of halogens is 1. The van der Waals surface area contributed by atoms with Crippen LogP contribution >= 0.6 is 0 Å². The molecule has 0 saturated carbocycles. The van der Waals surface area contributed by atoms with Gasteiger partial charge in [-0.25, -0.2) is 24.3 Å². The Balaban J connectivity index is 1.61. The molecule has 7 nitrogen and oxygen atoms in total. The number of nitrogens with two attached hydrogens (primary N) is 1. The molecule has 0 fully saturated rings. The van der Waals surface area contributed by atoms with E-state index in [2.05, 4.69) is 25.3 Å². The first-order chi connectivity index (χ1) is 13.6. The minimum Gasteiger partial charge on any atom is -0.383 e. The summed E-state index contributed by atoms with van der Waals surface area (Å²) in [6.45, 7) is 0.421. The molecule has 4 aromatic rings. The molecule has 2 heterocycles. The molecule has 0 aliphatic heterocycles. The molecule has 4 N–H and O–H groups in total. The van der Waals surface area contributed by atoms with Crippen LogP contribution in [0.5, 0.6) is 0 Å². The third-order valence-electron chi connectivity index (χ3n) is 4.25. The van der Waals surface area contributed by atoms with Crippen LogP contribution in [0.3, 0.4) is 0 Å². The van der Waals surface area contributed by atoms with Crippen LogP contribution in [-0.4, -0.2) is 26.2 Å². The zero-order valence-electron chi connectivity index (χ0n) is 14.7. The smallest absolute Gasteiger partial charge is 0.223 e. The Kier molecular flexibility index (Phi) is 4.59. The van der Waals surface area contributed by atoms with Gasteiger partial charge in [0, 0.05) is 29.9 Å². The maximum absolute atomic E-state index is 13.3. The number of nitrogens with one attached hydrogen (secondary N) is 2. The Morgan fingerprint density at radius 3 is 2.82 bits per heavy atom. The van der Waals surface area contributed by atoms with Crippen LogP contribution in [0, 0.1) is 11.2 Å². The lowest BCUT2D eigenvalue weighted by molar-refractivity contribution is 0.626. The molecule has 0 radical (unpaired) electrons. The standard InChI is InChI=1S/C20H16FN7/c21-15-3-1-2-12(6-15)9-24-20-25-10-14-7-13(4-5-17(14)28-20)18-16(8-22)19(23)27-11-26-18/h1-8,10-11,22H,9H2,(H2,23,26,27)(H,24,25,28). The van der Waals surface area contributed by atoms with Crippen LogP contribution in [0.15, 0.2) is 55.0 Å². The van der Waals surface area contributed by atoms with E-state index in [-0.39, 0.29) is 11.6 Å². The van der Waals surface area contributed by atoms with Gasteiger partial charge in [0.2, 0.25) is 5.95 Å². The number of hydrogen-bond acceptors (Lipinski definition) is 7. The minimum atomic E-state index is -0.277. The fraction of sp³-hybridized carbons (Fsp3) is 0.0500. The lowest BCUT2D eigenvalue weighted by Crippen LogP contribution is -2.04. The summed E-state index contributed by atoms with van der Waals surface area (Å²) in [4.78, 5) is 17.0. The quantitative estimate of drug-likeness (QED) is 0.462. The number of nitrogen functional groups attached to an aromatic ring is 1. The number of nitrogens with zero attached hydrogens (tertiary/aromatic N) is 4. The Morgan fingerprint density at radius 1 is 1.11 bits per heavy atom. The molecule has 0 atom stereocenters. The number of hydrogen-bond donors (Lipinski definition) is 3. The van der Waals surface area contributed by atoms with Crippen LogP contribution in [0.2, 0.25) is 0 Å². The molecule has 28 heavy (non-hydrogen) atoms. The van der Waals surface area contributed by atoms with Crippen molar-refractivity contribution < 1.29 is 4.39 Å². The summed E-state index contributed by atoms with van der Waals surface area (Å²) >= 11 is 0. The van der Waals surface area contributed by atoms with Crippen molar-refractivity contribution in [2.75, 3.05) is 11.1 Å². The molecular weight excluding hydrogens is 357 g/mol. The van der Waals surface area contributed by atoms with Crippen molar-refractivity contribution in [3.05, 3.63) is 71.9 Å². The predicted octanol–water partition coefficient (Wildman–Crippen LogP) is 3.42. The van der Waals surface area contributed by atoms with E-state index < -0.39 is 0 Å². The van der Waals surface area contributed by atoms with E-state index in [0.717, 1.165) is 28.2 Å². The number of anilines is 2. The normalized spacial score (nSPS) is 10.8. The molecule has 138 valence electrons. The summed E-state index contributed by atoms with van der Waals surface area (Å²) in [6.07, 6.45) is 4.22. The highest BCUT2D eigenvalue weighted by Crippen LogP contribution is 2.26. The molecule has 0 aliphatic carbocycles. The molecular formula is C20H16FN7. The first-order valence-corrected chi connectivity index (χ1v) is 8.50. The maximum atomic E-state index is 13.3. The van der Waals surface area contributed by atoms with E-state index in [1.807, 2.05) is 24.3 Å². The molecule has 0 spiro atoms. The van der Waals surface area contributed by atoms with Gasteiger partial charge in [-0.05, 0) is 29.8 Å². The first-order valence-electron chi connectivity index (χ1n) is 8.50. The van der Waals surface area contributed by atoms with E-state index in [1.54, 1.807) is 12.3 Å². The molecule has 4 rings (SSSR count). The summed E-state index contributed by atoms with van der Waals surface area (Å²) in [5.74, 6) is 0.435. The SMILES string of the molecule is N=Cc1c(N)ncnc1-c1ccc2nc(NCc3cccc(F)c3)ncc2c1. The summed E-state index contributed by atoms with van der Waals surface area (Å²) in [5, 5.41) is 11.5. The van der Waals surface area contributed by atoms with Gasteiger partial charge in [0.1, 0.15) is 18.0 Å². The third-order valence-corrected chi connectivity index (χ3v) is 4.25. The zero-order chi connectivity index (χ0) is 19.5. The summed E-state index contributed by atoms with van der Waals surface area (Å²) in [7, 11) is 0. The van der Waals surface area contributed by atoms with E-state index in [0.29, 0.717) is 23.8 Å². The Morgan fingerprint density at radius 2 is 2.00 bits per heavy atom. The van der Waals surface area contributed by atoms with Crippen molar-refractivity contribution in [1.82, 2.24) is 19.9 Å². The summed E-state index contributed by atoms with van der Waals surface area (Å²) in [5.41, 5.74) is 9.23. The second-order valence-corrected chi connectivity index (χ2v) is 6.12. The van der Waals surface area contributed by atoms with Crippen LogP contribution in [0.25, 0.3) is 22.2 Å². The second-order valence-electron chi connectivity index (χ2n) is 6.12. The monoisotopic (exact) mass is 373 g/mol. The van der Waals surface area contributed by atoms with Crippen molar-refractivity contribution in [2.45, 2.75) is 6.54 Å². The highest BCUT2D eigenvalue weighted by molar-refractivity contribution is 5.94. The Bertz CT molecular complexity index is 1180. The first kappa shape index (κ1) is 17.5. The molecule has 0 amide bonds. The maximum Gasteiger partial charge on any atom is 0.223 e. The van der Waals surface area contributed by atoms with Gasteiger partial charge in [-0.1, -0.05) is 18.2 Å². The van der Waals surface area contributed by atoms with Crippen molar-refractivity contribution >= 4 is 28.9 Å². The minimum absolute atomic E-state index is 0.258. The van der Waals surface area contributed by atoms with E-state index in [9.17, 15) is 4.39 Å². The number of fused-ring (bicyclic) bond motifs is 1. The number of rotatable bonds is 5. The van der Waals surface area contributed by atoms with Gasteiger partial charge < -0.3 is 16.5 Å². The van der Waals surface area contributed by atoms with Crippen LogP contribution < -0.4 is 11.1 Å². The molecule has 0 aliphatic rings. The highest BCUT2D eigenvalue weighted by Gasteiger charge is 2.10. The van der Waals surface area contributed by atoms with Crippen LogP contribution in [0.1, 0.15) is 11.1 Å². The molecule has 2 aromatic carbocycles. The molecule has 0 saturated heterocycles. The summed E-state index contributed by atoms with van der Waals surface area (Å²) in [6, 6.07) is 12.0. The molecule has 8 heteroatoms. The Labute approximate surface area is 160 Å². The molecule has 0 bridgehead atoms. The van der Waals surface area contributed by atoms with Gasteiger partial charge in [-0.3, -0.25) is 0 Å². The van der Waals surface area contributed by atoms with Crippen LogP contribution in [-0.2, 0) is 6.54 Å². The van der Waals surface area contributed by atoms with Gasteiger partial charge >= 0.3 is 0 Å². The summed E-state index contributed by atoms with van der Waals surface area (Å²) < 4.78 is 13.3. The molecule has 2 aromatic heterocycles. The van der Waals surface area contributed by atoms with E-state index in [1.165, 1.54) is 18.5 Å². The van der Waals surface area contributed by atoms with Crippen molar-refractivity contribution in [3.63, 3.8) is 0 Å². The van der Waals surface area contributed by atoms with Gasteiger partial charge in [-0.15, -0.1) is 0 Å². The van der Waals surface area contributed by atoms with Gasteiger partial charge in [0.15, 0.2) is 0 Å². The fourth-order valence-corrected chi connectivity index (χ4v) is 2.88. The average molecular weight is 373 g/mol. The van der Waals surface area contributed by atoms with Crippen molar-refractivity contribution in [3.8, 4) is 11.3 Å². The van der Waals surface area contributed by atoms with Gasteiger partial charge in [0.25, 0.3) is 0 Å². The Hall–Kier alpha value is -3.94. The predicted molar refractivity (Wildman–Crippen MR) is 107 cm³/mol. The topological polar surface area (TPSA) is 113 Å². The van der Waals surface area contributed by atoms with Crippen LogP contribution in [0.4, 0.5) is 16.2 Å². The second kappa shape index (κ2) is 7.36. The highest BCUT2D eigenvalue weighted by atomic mass is 19.1.